The van der Waals surface area contributed by atoms with Gasteiger partial charge in [-0.3, -0.25) is 9.36 Å². The molecule has 0 radical (unpaired) electrons. The van der Waals surface area contributed by atoms with Crippen LogP contribution in [0.25, 0.3) is 0 Å². The Balaban J connectivity index is 2.23. The highest BCUT2D eigenvalue weighted by atomic mass is 16.5. The minimum Gasteiger partial charge on any atom is -0.497 e. The third kappa shape index (κ3) is 3.07. The lowest BCUT2D eigenvalue weighted by molar-refractivity contribution is 0.0970. The number of ether oxygens (including phenoxy) is 1. The Morgan fingerprint density at radius 3 is 2.84 bits per heavy atom. The number of carbonyl (C=O) groups is 1. The van der Waals surface area contributed by atoms with E-state index in [1.807, 2.05) is 0 Å². The molecule has 19 heavy (non-hydrogen) atoms. The van der Waals surface area contributed by atoms with Crippen molar-refractivity contribution >= 4 is 5.78 Å². The van der Waals surface area contributed by atoms with E-state index in [4.69, 9.17) is 4.74 Å². The number of carbonyl (C=O) groups excluding carboxylic acids is 1. The van der Waals surface area contributed by atoms with Crippen LogP contribution in [0.1, 0.15) is 16.1 Å². The Bertz CT molecular complexity index is 662. The molecule has 0 amide bonds. The van der Waals surface area contributed by atoms with Gasteiger partial charge < -0.3 is 4.74 Å². The van der Waals surface area contributed by atoms with Gasteiger partial charge in [-0.15, -0.1) is 0 Å². The van der Waals surface area contributed by atoms with Gasteiger partial charge in [0.1, 0.15) is 5.75 Å². The first kappa shape index (κ1) is 13.0. The summed E-state index contributed by atoms with van der Waals surface area (Å²) >= 11 is 0. The number of aryl methyl sites for hydroxylation is 1. The number of Topliss-reactive ketones (excluding diaryl/α,β-unsaturated/α-hetero) is 1. The van der Waals surface area contributed by atoms with Gasteiger partial charge in [-0.25, -0.2) is 4.79 Å². The zero-order valence-corrected chi connectivity index (χ0v) is 10.8. The molecular weight excluding hydrogens is 244 g/mol. The van der Waals surface area contributed by atoms with Crippen molar-refractivity contribution < 1.29 is 9.53 Å². The molecule has 0 aliphatic carbocycles. The van der Waals surface area contributed by atoms with Crippen LogP contribution in [0.4, 0.5) is 0 Å². The SMILES string of the molecule is COc1cccc(C(=O)Cn2ccc(C)nc2=O)c1. The zero-order valence-electron chi connectivity index (χ0n) is 10.8. The molecule has 5 nitrogen and oxygen atoms in total. The molecule has 0 fully saturated rings. The van der Waals surface area contributed by atoms with E-state index in [0.29, 0.717) is 17.0 Å². The minimum atomic E-state index is -0.420. The predicted molar refractivity (Wildman–Crippen MR) is 70.6 cm³/mol. The minimum absolute atomic E-state index is 0.0285. The Hall–Kier alpha value is -2.43. The van der Waals surface area contributed by atoms with Gasteiger partial charge >= 0.3 is 5.69 Å². The lowest BCUT2D eigenvalue weighted by Crippen LogP contribution is -2.26. The van der Waals surface area contributed by atoms with Crippen molar-refractivity contribution in [2.45, 2.75) is 13.5 Å². The van der Waals surface area contributed by atoms with Crippen molar-refractivity contribution in [1.29, 1.82) is 0 Å². The van der Waals surface area contributed by atoms with Gasteiger partial charge in [0.2, 0.25) is 0 Å². The fourth-order valence-corrected chi connectivity index (χ4v) is 1.68. The van der Waals surface area contributed by atoms with Crippen molar-refractivity contribution in [2.75, 3.05) is 7.11 Å². The monoisotopic (exact) mass is 258 g/mol. The Labute approximate surface area is 110 Å². The summed E-state index contributed by atoms with van der Waals surface area (Å²) in [7, 11) is 1.54. The number of nitrogens with zero attached hydrogens (tertiary/aromatic N) is 2. The van der Waals surface area contributed by atoms with Crippen LogP contribution in [0.15, 0.2) is 41.3 Å². The summed E-state index contributed by atoms with van der Waals surface area (Å²) in [4.78, 5) is 27.5. The lowest BCUT2D eigenvalue weighted by Gasteiger charge is -2.06. The summed E-state index contributed by atoms with van der Waals surface area (Å²) < 4.78 is 6.35. The number of hydrogen-bond acceptors (Lipinski definition) is 4. The molecule has 0 aliphatic rings. The number of hydrogen-bond donors (Lipinski definition) is 0. The number of rotatable bonds is 4. The van der Waals surface area contributed by atoms with Crippen LogP contribution in [0, 0.1) is 6.92 Å². The Morgan fingerprint density at radius 1 is 1.37 bits per heavy atom. The van der Waals surface area contributed by atoms with E-state index in [2.05, 4.69) is 4.98 Å². The third-order valence-electron chi connectivity index (χ3n) is 2.72. The highest BCUT2D eigenvalue weighted by molar-refractivity contribution is 5.96. The smallest absolute Gasteiger partial charge is 0.348 e. The highest BCUT2D eigenvalue weighted by Crippen LogP contribution is 2.13. The van der Waals surface area contributed by atoms with E-state index in [1.165, 1.54) is 11.7 Å². The standard InChI is InChI=1S/C14H14N2O3/c1-10-6-7-16(14(18)15-10)9-13(17)11-4-3-5-12(8-11)19-2/h3-8H,9H2,1-2H3. The normalized spacial score (nSPS) is 10.2. The van der Waals surface area contributed by atoms with E-state index in [-0.39, 0.29) is 12.3 Å². The average Bonchev–Trinajstić information content (AvgIpc) is 2.42. The largest absolute Gasteiger partial charge is 0.497 e. The van der Waals surface area contributed by atoms with Crippen LogP contribution in [-0.4, -0.2) is 22.4 Å². The maximum Gasteiger partial charge on any atom is 0.348 e. The first-order chi connectivity index (χ1) is 9.10. The van der Waals surface area contributed by atoms with Gasteiger partial charge in [0, 0.05) is 17.5 Å². The predicted octanol–water partition coefficient (Wildman–Crippen LogP) is 1.44. The molecule has 1 heterocycles. The second kappa shape index (κ2) is 5.48. The van der Waals surface area contributed by atoms with Gasteiger partial charge in [-0.2, -0.15) is 4.98 Å². The molecule has 0 bridgehead atoms. The van der Waals surface area contributed by atoms with E-state index in [9.17, 15) is 9.59 Å². The molecule has 0 saturated carbocycles. The summed E-state index contributed by atoms with van der Waals surface area (Å²) in [5.41, 5.74) is 0.721. The molecule has 0 unspecified atom stereocenters. The van der Waals surface area contributed by atoms with Gasteiger partial charge in [-0.1, -0.05) is 12.1 Å². The Morgan fingerprint density at radius 2 is 2.16 bits per heavy atom. The van der Waals surface area contributed by atoms with Crippen molar-refractivity contribution in [3.63, 3.8) is 0 Å². The van der Waals surface area contributed by atoms with Gasteiger partial charge in [0.05, 0.1) is 13.7 Å². The molecule has 0 saturated heterocycles. The van der Waals surface area contributed by atoms with E-state index >= 15 is 0 Å². The summed E-state index contributed by atoms with van der Waals surface area (Å²) in [6.45, 7) is 1.70. The first-order valence-electron chi connectivity index (χ1n) is 5.81. The van der Waals surface area contributed by atoms with Crippen LogP contribution < -0.4 is 10.4 Å². The first-order valence-corrected chi connectivity index (χ1v) is 5.81. The van der Waals surface area contributed by atoms with Crippen molar-refractivity contribution in [2.24, 2.45) is 0 Å². The third-order valence-corrected chi connectivity index (χ3v) is 2.72. The highest BCUT2D eigenvalue weighted by Gasteiger charge is 2.09. The molecular formula is C14H14N2O3. The van der Waals surface area contributed by atoms with Crippen LogP contribution in [0.2, 0.25) is 0 Å². The van der Waals surface area contributed by atoms with Crippen molar-refractivity contribution in [3.8, 4) is 5.75 Å². The van der Waals surface area contributed by atoms with E-state index in [1.54, 1.807) is 43.5 Å². The van der Waals surface area contributed by atoms with Gasteiger partial charge in [0.25, 0.3) is 0 Å². The number of ketones is 1. The molecule has 1 aromatic heterocycles. The summed E-state index contributed by atoms with van der Waals surface area (Å²) in [5, 5.41) is 0. The summed E-state index contributed by atoms with van der Waals surface area (Å²) in [6, 6.07) is 8.53. The molecule has 0 atom stereocenters. The topological polar surface area (TPSA) is 61.2 Å². The second-order valence-electron chi connectivity index (χ2n) is 4.13. The fourth-order valence-electron chi connectivity index (χ4n) is 1.68. The van der Waals surface area contributed by atoms with Crippen LogP contribution in [0.3, 0.4) is 0 Å². The van der Waals surface area contributed by atoms with Gasteiger partial charge in [-0.05, 0) is 25.1 Å². The van der Waals surface area contributed by atoms with E-state index in [0.717, 1.165) is 0 Å². The molecule has 2 rings (SSSR count). The maximum absolute atomic E-state index is 12.1. The lowest BCUT2D eigenvalue weighted by atomic mass is 10.1. The number of aromatic nitrogens is 2. The Kier molecular flexibility index (Phi) is 3.75. The van der Waals surface area contributed by atoms with Crippen LogP contribution in [-0.2, 0) is 6.54 Å². The van der Waals surface area contributed by atoms with Crippen LogP contribution >= 0.6 is 0 Å². The molecule has 0 spiro atoms. The zero-order chi connectivity index (χ0) is 13.8. The molecule has 5 heteroatoms. The number of methoxy groups -OCH3 is 1. The number of benzene rings is 1. The van der Waals surface area contributed by atoms with Crippen molar-refractivity contribution in [3.05, 3.63) is 58.3 Å². The maximum atomic E-state index is 12.1. The summed E-state index contributed by atoms with van der Waals surface area (Å²) in [6.07, 6.45) is 1.57. The van der Waals surface area contributed by atoms with Gasteiger partial charge in [0.15, 0.2) is 5.78 Å². The fraction of sp³-hybridized carbons (Fsp3) is 0.214. The van der Waals surface area contributed by atoms with Crippen molar-refractivity contribution in [1.82, 2.24) is 9.55 Å². The molecule has 98 valence electrons. The molecule has 2 aromatic rings. The second-order valence-corrected chi connectivity index (χ2v) is 4.13. The molecule has 0 N–H and O–H groups in total. The molecule has 0 aliphatic heterocycles. The van der Waals surface area contributed by atoms with E-state index < -0.39 is 5.69 Å². The van der Waals surface area contributed by atoms with Crippen LogP contribution in [0.5, 0.6) is 5.75 Å². The molecule has 1 aromatic carbocycles. The quantitative estimate of drug-likeness (QED) is 0.779. The summed E-state index contributed by atoms with van der Waals surface area (Å²) in [5.74, 6) is 0.451. The average molecular weight is 258 g/mol.